The van der Waals surface area contributed by atoms with E-state index < -0.39 is 0 Å². The third kappa shape index (κ3) is 1.47. The monoisotopic (exact) mass is 241 g/mol. The Labute approximate surface area is 105 Å². The first-order valence-corrected chi connectivity index (χ1v) is 6.47. The lowest BCUT2D eigenvalue weighted by Gasteiger charge is -2.04. The Hall–Kier alpha value is -1.77. The van der Waals surface area contributed by atoms with Crippen LogP contribution >= 0.6 is 0 Å². The van der Waals surface area contributed by atoms with Crippen LogP contribution in [0.2, 0.25) is 0 Å². The molecule has 1 amide bonds. The molecule has 92 valence electrons. The fraction of sp³-hybridized carbons (Fsp3) is 0.400. The number of nitrogens with one attached hydrogen (secondary N) is 1. The van der Waals surface area contributed by atoms with E-state index in [0.29, 0.717) is 5.41 Å². The first-order valence-electron chi connectivity index (χ1n) is 6.47. The van der Waals surface area contributed by atoms with Gasteiger partial charge in [0.1, 0.15) is 11.3 Å². The first-order chi connectivity index (χ1) is 8.66. The SMILES string of the molecule is Cc1cc2cc(NC(=O)C3CC34CC4)ccc2o1. The van der Waals surface area contributed by atoms with Crippen molar-refractivity contribution in [1.29, 1.82) is 0 Å². The number of benzene rings is 1. The zero-order valence-electron chi connectivity index (χ0n) is 10.3. The maximum absolute atomic E-state index is 12.0. The quantitative estimate of drug-likeness (QED) is 0.874. The molecule has 1 heterocycles. The summed E-state index contributed by atoms with van der Waals surface area (Å²) in [5.74, 6) is 1.35. The second kappa shape index (κ2) is 3.16. The highest BCUT2D eigenvalue weighted by Gasteiger charge is 2.65. The third-order valence-electron chi connectivity index (χ3n) is 4.31. The van der Waals surface area contributed by atoms with E-state index in [2.05, 4.69) is 5.32 Å². The van der Waals surface area contributed by atoms with Crippen molar-refractivity contribution < 1.29 is 9.21 Å². The minimum atomic E-state index is 0.187. The fourth-order valence-electron chi connectivity index (χ4n) is 2.91. The van der Waals surface area contributed by atoms with Gasteiger partial charge in [0.2, 0.25) is 5.91 Å². The van der Waals surface area contributed by atoms with Gasteiger partial charge >= 0.3 is 0 Å². The van der Waals surface area contributed by atoms with Gasteiger partial charge in [0, 0.05) is 17.0 Å². The van der Waals surface area contributed by atoms with Gasteiger partial charge in [0.15, 0.2) is 0 Å². The summed E-state index contributed by atoms with van der Waals surface area (Å²) in [5.41, 5.74) is 2.16. The lowest BCUT2D eigenvalue weighted by atomic mass is 10.2. The van der Waals surface area contributed by atoms with Crippen LogP contribution < -0.4 is 5.32 Å². The second-order valence-corrected chi connectivity index (χ2v) is 5.72. The van der Waals surface area contributed by atoms with Crippen LogP contribution in [-0.4, -0.2) is 5.91 Å². The van der Waals surface area contributed by atoms with Gasteiger partial charge in [-0.1, -0.05) is 0 Å². The predicted molar refractivity (Wildman–Crippen MR) is 69.4 cm³/mol. The number of anilines is 1. The summed E-state index contributed by atoms with van der Waals surface area (Å²) >= 11 is 0. The molecule has 0 bridgehead atoms. The largest absolute Gasteiger partial charge is 0.461 e. The number of fused-ring (bicyclic) bond motifs is 1. The molecular weight excluding hydrogens is 226 g/mol. The van der Waals surface area contributed by atoms with E-state index in [1.165, 1.54) is 12.8 Å². The molecule has 2 aliphatic carbocycles. The van der Waals surface area contributed by atoms with Gasteiger partial charge in [0.05, 0.1) is 0 Å². The lowest BCUT2D eigenvalue weighted by Crippen LogP contribution is -2.14. The van der Waals surface area contributed by atoms with E-state index in [1.807, 2.05) is 31.2 Å². The molecule has 18 heavy (non-hydrogen) atoms. The number of furan rings is 1. The van der Waals surface area contributed by atoms with Gasteiger partial charge in [-0.3, -0.25) is 4.79 Å². The second-order valence-electron chi connectivity index (χ2n) is 5.72. The Morgan fingerprint density at radius 3 is 2.94 bits per heavy atom. The van der Waals surface area contributed by atoms with Crippen molar-refractivity contribution in [2.75, 3.05) is 5.32 Å². The normalized spacial score (nSPS) is 23.3. The number of hydrogen-bond acceptors (Lipinski definition) is 2. The summed E-state index contributed by atoms with van der Waals surface area (Å²) in [4.78, 5) is 12.0. The minimum absolute atomic E-state index is 0.187. The summed E-state index contributed by atoms with van der Waals surface area (Å²) in [7, 11) is 0. The van der Waals surface area contributed by atoms with Crippen LogP contribution in [0.1, 0.15) is 25.0 Å². The summed E-state index contributed by atoms with van der Waals surface area (Å²) in [6.45, 7) is 1.93. The van der Waals surface area contributed by atoms with E-state index >= 15 is 0 Å². The molecule has 2 saturated carbocycles. The highest BCUT2D eigenvalue weighted by molar-refractivity contribution is 5.97. The maximum atomic E-state index is 12.0. The van der Waals surface area contributed by atoms with Crippen LogP contribution in [0.4, 0.5) is 5.69 Å². The molecule has 3 heteroatoms. The zero-order chi connectivity index (χ0) is 12.3. The van der Waals surface area contributed by atoms with Gasteiger partial charge in [0.25, 0.3) is 0 Å². The Kier molecular flexibility index (Phi) is 1.79. The van der Waals surface area contributed by atoms with Crippen LogP contribution in [0.3, 0.4) is 0 Å². The van der Waals surface area contributed by atoms with E-state index in [4.69, 9.17) is 4.42 Å². The number of amides is 1. The first kappa shape index (κ1) is 10.2. The number of hydrogen-bond donors (Lipinski definition) is 1. The molecule has 1 aromatic carbocycles. The van der Waals surface area contributed by atoms with Gasteiger partial charge in [-0.15, -0.1) is 0 Å². The molecule has 2 aliphatic rings. The topological polar surface area (TPSA) is 42.2 Å². The van der Waals surface area contributed by atoms with Crippen molar-refractivity contribution in [2.24, 2.45) is 11.3 Å². The molecule has 4 rings (SSSR count). The smallest absolute Gasteiger partial charge is 0.228 e. The van der Waals surface area contributed by atoms with Crippen molar-refractivity contribution in [3.8, 4) is 0 Å². The minimum Gasteiger partial charge on any atom is -0.461 e. The number of carbonyl (C=O) groups is 1. The van der Waals surface area contributed by atoms with E-state index in [1.54, 1.807) is 0 Å². The van der Waals surface area contributed by atoms with Gasteiger partial charge < -0.3 is 9.73 Å². The van der Waals surface area contributed by atoms with Gasteiger partial charge in [-0.05, 0) is 55.9 Å². The molecular formula is C15H15NO2. The fourth-order valence-corrected chi connectivity index (χ4v) is 2.91. The zero-order valence-corrected chi connectivity index (χ0v) is 10.3. The maximum Gasteiger partial charge on any atom is 0.228 e. The summed E-state index contributed by atoms with van der Waals surface area (Å²) in [6.07, 6.45) is 3.57. The van der Waals surface area contributed by atoms with Crippen LogP contribution in [0.5, 0.6) is 0 Å². The molecule has 0 radical (unpaired) electrons. The molecule has 0 aliphatic heterocycles. The summed E-state index contributed by atoms with van der Waals surface area (Å²) in [5, 5.41) is 4.06. The van der Waals surface area contributed by atoms with Gasteiger partial charge in [-0.2, -0.15) is 0 Å². The van der Waals surface area contributed by atoms with Crippen molar-refractivity contribution in [3.63, 3.8) is 0 Å². The molecule has 2 aromatic rings. The van der Waals surface area contributed by atoms with Crippen LogP contribution in [0.25, 0.3) is 11.0 Å². The standard InChI is InChI=1S/C15H15NO2/c1-9-6-10-7-11(2-3-13(10)18-9)16-14(17)12-8-15(12)4-5-15/h2-3,6-7,12H,4-5,8H2,1H3,(H,16,17). The van der Waals surface area contributed by atoms with Crippen LogP contribution in [-0.2, 0) is 4.79 Å². The van der Waals surface area contributed by atoms with Gasteiger partial charge in [-0.25, -0.2) is 0 Å². The van der Waals surface area contributed by atoms with Crippen molar-refractivity contribution in [3.05, 3.63) is 30.0 Å². The summed E-state index contributed by atoms with van der Waals surface area (Å²) < 4.78 is 5.52. The Morgan fingerprint density at radius 1 is 1.39 bits per heavy atom. The highest BCUT2D eigenvalue weighted by atomic mass is 16.3. The van der Waals surface area contributed by atoms with Crippen molar-refractivity contribution in [1.82, 2.24) is 0 Å². The molecule has 1 unspecified atom stereocenters. The average Bonchev–Trinajstić information content (AvgIpc) is 3.22. The van der Waals surface area contributed by atoms with E-state index in [0.717, 1.165) is 28.8 Å². The van der Waals surface area contributed by atoms with Crippen LogP contribution in [0, 0.1) is 18.3 Å². The molecule has 1 N–H and O–H groups in total. The number of aryl methyl sites for hydroxylation is 1. The molecule has 3 nitrogen and oxygen atoms in total. The predicted octanol–water partition coefficient (Wildman–Crippen LogP) is 3.48. The molecule has 2 fully saturated rings. The molecule has 1 spiro atoms. The third-order valence-corrected chi connectivity index (χ3v) is 4.31. The number of carbonyl (C=O) groups excluding carboxylic acids is 1. The molecule has 1 aromatic heterocycles. The Balaban J connectivity index is 1.57. The van der Waals surface area contributed by atoms with E-state index in [9.17, 15) is 4.79 Å². The number of rotatable bonds is 2. The van der Waals surface area contributed by atoms with Crippen LogP contribution in [0.15, 0.2) is 28.7 Å². The van der Waals surface area contributed by atoms with E-state index in [-0.39, 0.29) is 11.8 Å². The molecule has 1 atom stereocenters. The molecule has 0 saturated heterocycles. The Bertz CT molecular complexity index is 652. The average molecular weight is 241 g/mol. The lowest BCUT2D eigenvalue weighted by molar-refractivity contribution is -0.117. The van der Waals surface area contributed by atoms with Crippen molar-refractivity contribution >= 4 is 22.6 Å². The summed E-state index contributed by atoms with van der Waals surface area (Å²) in [6, 6.07) is 7.79. The Morgan fingerprint density at radius 2 is 2.22 bits per heavy atom. The highest BCUT2D eigenvalue weighted by Crippen LogP contribution is 2.70. The van der Waals surface area contributed by atoms with Crippen molar-refractivity contribution in [2.45, 2.75) is 26.2 Å².